The second-order valence-corrected chi connectivity index (χ2v) is 6.40. The fraction of sp³-hybridized carbons (Fsp3) is 0.263. The standard InChI is InChI=1S/C19H20ClN3O4/c1-12-5-4-6-13(2)18(12)22-16(24)10-23(3)17(25)11-27-19(26)14-7-8-15(20)21-9-14/h4-9H,10-11H2,1-3H3,(H,22,24). The van der Waals surface area contributed by atoms with Crippen molar-refractivity contribution in [2.45, 2.75) is 13.8 Å². The summed E-state index contributed by atoms with van der Waals surface area (Å²) < 4.78 is 4.94. The highest BCUT2D eigenvalue weighted by molar-refractivity contribution is 6.29. The highest BCUT2D eigenvalue weighted by Crippen LogP contribution is 2.19. The van der Waals surface area contributed by atoms with Gasteiger partial charge >= 0.3 is 5.97 Å². The number of para-hydroxylation sites is 1. The third kappa shape index (κ3) is 5.79. The number of aromatic nitrogens is 1. The number of nitrogens with one attached hydrogen (secondary N) is 1. The SMILES string of the molecule is Cc1cccc(C)c1NC(=O)CN(C)C(=O)COC(=O)c1ccc(Cl)nc1. The lowest BCUT2D eigenvalue weighted by molar-refractivity contribution is -0.136. The Kier molecular flexibility index (Phi) is 6.90. The molecule has 142 valence electrons. The van der Waals surface area contributed by atoms with Gasteiger partial charge < -0.3 is 15.0 Å². The molecule has 0 aliphatic heterocycles. The van der Waals surface area contributed by atoms with Crippen LogP contribution in [0.4, 0.5) is 5.69 Å². The van der Waals surface area contributed by atoms with E-state index in [0.717, 1.165) is 16.8 Å². The lowest BCUT2D eigenvalue weighted by Gasteiger charge is -2.18. The Balaban J connectivity index is 1.85. The molecule has 0 saturated carbocycles. The van der Waals surface area contributed by atoms with Crippen molar-refractivity contribution >= 4 is 35.1 Å². The number of carbonyl (C=O) groups excluding carboxylic acids is 3. The highest BCUT2D eigenvalue weighted by Gasteiger charge is 2.17. The van der Waals surface area contributed by atoms with Gasteiger partial charge in [0.1, 0.15) is 5.15 Å². The van der Waals surface area contributed by atoms with E-state index in [1.54, 1.807) is 0 Å². The van der Waals surface area contributed by atoms with Crippen LogP contribution in [-0.2, 0) is 14.3 Å². The Morgan fingerprint density at radius 3 is 2.41 bits per heavy atom. The molecule has 1 heterocycles. The zero-order valence-corrected chi connectivity index (χ0v) is 16.0. The minimum Gasteiger partial charge on any atom is -0.452 e. The van der Waals surface area contributed by atoms with Crippen LogP contribution in [0.15, 0.2) is 36.5 Å². The average molecular weight is 390 g/mol. The number of carbonyl (C=O) groups is 3. The Labute approximate surface area is 162 Å². The van der Waals surface area contributed by atoms with Crippen LogP contribution < -0.4 is 5.32 Å². The van der Waals surface area contributed by atoms with Gasteiger partial charge in [0.15, 0.2) is 6.61 Å². The first-order chi connectivity index (χ1) is 12.8. The number of nitrogens with zero attached hydrogens (tertiary/aromatic N) is 2. The molecule has 27 heavy (non-hydrogen) atoms. The number of hydrogen-bond acceptors (Lipinski definition) is 5. The normalized spacial score (nSPS) is 10.2. The van der Waals surface area contributed by atoms with Crippen LogP contribution in [0.3, 0.4) is 0 Å². The van der Waals surface area contributed by atoms with Crippen LogP contribution in [-0.4, -0.2) is 47.9 Å². The number of rotatable bonds is 6. The lowest BCUT2D eigenvalue weighted by Crippen LogP contribution is -2.37. The van der Waals surface area contributed by atoms with Crippen molar-refractivity contribution in [1.29, 1.82) is 0 Å². The van der Waals surface area contributed by atoms with Crippen molar-refractivity contribution in [1.82, 2.24) is 9.88 Å². The number of benzene rings is 1. The van der Waals surface area contributed by atoms with Gasteiger partial charge in [-0.05, 0) is 37.1 Å². The van der Waals surface area contributed by atoms with Crippen LogP contribution in [0.2, 0.25) is 5.15 Å². The maximum absolute atomic E-state index is 12.2. The topological polar surface area (TPSA) is 88.6 Å². The van der Waals surface area contributed by atoms with E-state index < -0.39 is 18.5 Å². The number of esters is 1. The first-order valence-corrected chi connectivity index (χ1v) is 8.54. The van der Waals surface area contributed by atoms with Gasteiger partial charge in [0.2, 0.25) is 5.91 Å². The van der Waals surface area contributed by atoms with Crippen LogP contribution in [0.5, 0.6) is 0 Å². The summed E-state index contributed by atoms with van der Waals surface area (Å²) >= 11 is 5.65. The van der Waals surface area contributed by atoms with Gasteiger partial charge in [0.25, 0.3) is 5.91 Å². The lowest BCUT2D eigenvalue weighted by atomic mass is 10.1. The maximum Gasteiger partial charge on any atom is 0.340 e. The van der Waals surface area contributed by atoms with Crippen LogP contribution in [0.25, 0.3) is 0 Å². The number of likely N-dealkylation sites (N-methyl/N-ethyl adjacent to an activating group) is 1. The number of ether oxygens (including phenoxy) is 1. The molecule has 0 radical (unpaired) electrons. The van der Waals surface area contributed by atoms with Crippen molar-refractivity contribution in [2.24, 2.45) is 0 Å². The Morgan fingerprint density at radius 1 is 1.15 bits per heavy atom. The Hall–Kier alpha value is -2.93. The summed E-state index contributed by atoms with van der Waals surface area (Å²) in [7, 11) is 1.46. The summed E-state index contributed by atoms with van der Waals surface area (Å²) in [6.07, 6.45) is 1.26. The summed E-state index contributed by atoms with van der Waals surface area (Å²) in [6.45, 7) is 3.15. The second-order valence-electron chi connectivity index (χ2n) is 6.01. The van der Waals surface area contributed by atoms with Gasteiger partial charge in [0.05, 0.1) is 12.1 Å². The third-order valence-electron chi connectivity index (χ3n) is 3.84. The van der Waals surface area contributed by atoms with E-state index >= 15 is 0 Å². The largest absolute Gasteiger partial charge is 0.452 e. The summed E-state index contributed by atoms with van der Waals surface area (Å²) in [6, 6.07) is 8.58. The third-order valence-corrected chi connectivity index (χ3v) is 4.07. The van der Waals surface area contributed by atoms with Crippen LogP contribution in [0.1, 0.15) is 21.5 Å². The Bertz CT molecular complexity index is 832. The molecular formula is C19H20ClN3O4. The van der Waals surface area contributed by atoms with Gasteiger partial charge in [-0.15, -0.1) is 0 Å². The molecule has 0 unspecified atom stereocenters. The molecule has 0 spiro atoms. The molecule has 0 saturated heterocycles. The molecule has 2 rings (SSSR count). The molecular weight excluding hydrogens is 370 g/mol. The molecule has 8 heteroatoms. The second kappa shape index (κ2) is 9.14. The molecule has 1 aromatic carbocycles. The van der Waals surface area contributed by atoms with E-state index in [1.807, 2.05) is 32.0 Å². The van der Waals surface area contributed by atoms with E-state index in [9.17, 15) is 14.4 Å². The van der Waals surface area contributed by atoms with Gasteiger partial charge in [-0.3, -0.25) is 9.59 Å². The molecule has 1 N–H and O–H groups in total. The molecule has 1 aromatic heterocycles. The molecule has 2 amide bonds. The first kappa shape index (κ1) is 20.4. The van der Waals surface area contributed by atoms with Gasteiger partial charge in [-0.1, -0.05) is 29.8 Å². The zero-order chi connectivity index (χ0) is 20.0. The first-order valence-electron chi connectivity index (χ1n) is 8.16. The number of halogens is 1. The average Bonchev–Trinajstić information content (AvgIpc) is 2.63. The van der Waals surface area contributed by atoms with Gasteiger partial charge in [-0.25, -0.2) is 9.78 Å². The van der Waals surface area contributed by atoms with E-state index in [4.69, 9.17) is 16.3 Å². The Morgan fingerprint density at radius 2 is 1.81 bits per heavy atom. The van der Waals surface area contributed by atoms with Gasteiger partial charge in [-0.2, -0.15) is 0 Å². The molecule has 0 bridgehead atoms. The predicted octanol–water partition coefficient (Wildman–Crippen LogP) is 2.61. The summed E-state index contributed by atoms with van der Waals surface area (Å²) in [4.78, 5) is 41.1. The molecule has 0 aliphatic carbocycles. The minimum atomic E-state index is -0.694. The summed E-state index contributed by atoms with van der Waals surface area (Å²) in [5, 5.41) is 3.05. The number of anilines is 1. The number of pyridine rings is 1. The quantitative estimate of drug-likeness (QED) is 0.606. The number of amides is 2. The van der Waals surface area contributed by atoms with Crippen molar-refractivity contribution in [3.05, 3.63) is 58.4 Å². The summed E-state index contributed by atoms with van der Waals surface area (Å²) in [5.41, 5.74) is 2.78. The fourth-order valence-electron chi connectivity index (χ4n) is 2.31. The highest BCUT2D eigenvalue weighted by atomic mass is 35.5. The minimum absolute atomic E-state index is 0.160. The van der Waals surface area contributed by atoms with Crippen molar-refractivity contribution in [2.75, 3.05) is 25.5 Å². The molecule has 2 aromatic rings. The van der Waals surface area contributed by atoms with Gasteiger partial charge in [0, 0.05) is 18.9 Å². The zero-order valence-electron chi connectivity index (χ0n) is 15.3. The van der Waals surface area contributed by atoms with E-state index in [1.165, 1.54) is 30.3 Å². The number of aryl methyl sites for hydroxylation is 2. The van der Waals surface area contributed by atoms with E-state index in [-0.39, 0.29) is 23.2 Å². The van der Waals surface area contributed by atoms with E-state index in [2.05, 4.69) is 10.3 Å². The van der Waals surface area contributed by atoms with E-state index in [0.29, 0.717) is 0 Å². The molecule has 0 aliphatic rings. The smallest absolute Gasteiger partial charge is 0.340 e. The monoisotopic (exact) mass is 389 g/mol. The summed E-state index contributed by atoms with van der Waals surface area (Å²) in [5.74, 6) is -1.53. The maximum atomic E-state index is 12.2. The molecule has 0 fully saturated rings. The van der Waals surface area contributed by atoms with Crippen LogP contribution in [0, 0.1) is 13.8 Å². The van der Waals surface area contributed by atoms with Crippen molar-refractivity contribution in [3.63, 3.8) is 0 Å². The molecule has 0 atom stereocenters. The number of hydrogen-bond donors (Lipinski definition) is 1. The van der Waals surface area contributed by atoms with Crippen molar-refractivity contribution < 1.29 is 19.1 Å². The fourth-order valence-corrected chi connectivity index (χ4v) is 2.42. The predicted molar refractivity (Wildman–Crippen MR) is 102 cm³/mol. The molecule has 7 nitrogen and oxygen atoms in total. The van der Waals surface area contributed by atoms with Crippen LogP contribution >= 0.6 is 11.6 Å². The van der Waals surface area contributed by atoms with Crippen molar-refractivity contribution in [3.8, 4) is 0 Å².